The second-order valence-electron chi connectivity index (χ2n) is 7.63. The van der Waals surface area contributed by atoms with Gasteiger partial charge in [-0.15, -0.1) is 0 Å². The van der Waals surface area contributed by atoms with Crippen LogP contribution in [0, 0.1) is 0 Å². The predicted octanol–water partition coefficient (Wildman–Crippen LogP) is 2.04. The van der Waals surface area contributed by atoms with Crippen molar-refractivity contribution < 1.29 is 14.6 Å². The number of benzene rings is 1. The van der Waals surface area contributed by atoms with Crippen LogP contribution in [0.15, 0.2) is 24.3 Å². The molecular formula is C19H23NO3. The van der Waals surface area contributed by atoms with Gasteiger partial charge < -0.3 is 19.5 Å². The molecule has 1 aromatic rings. The number of nitrogens with zero attached hydrogens (tertiary/aromatic N) is 1. The molecule has 4 heteroatoms. The average molecular weight is 313 g/mol. The Morgan fingerprint density at radius 3 is 3.00 bits per heavy atom. The molecule has 1 saturated heterocycles. The van der Waals surface area contributed by atoms with Crippen LogP contribution in [0.2, 0.25) is 0 Å². The van der Waals surface area contributed by atoms with E-state index in [2.05, 4.69) is 24.6 Å². The molecule has 0 amide bonds. The summed E-state index contributed by atoms with van der Waals surface area (Å²) in [6.45, 7) is 5.27. The number of aliphatic hydroxyl groups is 1. The van der Waals surface area contributed by atoms with E-state index in [4.69, 9.17) is 9.47 Å². The first-order valence-corrected chi connectivity index (χ1v) is 8.50. The molecule has 2 aliphatic heterocycles. The van der Waals surface area contributed by atoms with Crippen LogP contribution in [-0.4, -0.2) is 48.5 Å². The van der Waals surface area contributed by atoms with Crippen LogP contribution in [-0.2, 0) is 11.8 Å². The van der Waals surface area contributed by atoms with Crippen LogP contribution in [0.25, 0.3) is 0 Å². The number of ether oxygens (including phenoxy) is 2. The van der Waals surface area contributed by atoms with Gasteiger partial charge in [0.05, 0.1) is 18.1 Å². The third kappa shape index (κ3) is 1.33. The number of piperidine rings is 1. The van der Waals surface area contributed by atoms with E-state index < -0.39 is 5.60 Å². The van der Waals surface area contributed by atoms with Gasteiger partial charge in [-0.3, -0.25) is 0 Å². The van der Waals surface area contributed by atoms with E-state index in [9.17, 15) is 5.11 Å². The van der Waals surface area contributed by atoms with E-state index in [0.29, 0.717) is 0 Å². The summed E-state index contributed by atoms with van der Waals surface area (Å²) in [7, 11) is 3.82. The molecule has 5 rings (SSSR count). The van der Waals surface area contributed by atoms with E-state index in [1.54, 1.807) is 7.11 Å². The van der Waals surface area contributed by atoms with Crippen molar-refractivity contribution in [2.24, 2.45) is 0 Å². The van der Waals surface area contributed by atoms with Gasteiger partial charge in [-0.05, 0) is 56.5 Å². The Labute approximate surface area is 136 Å². The highest BCUT2D eigenvalue weighted by Gasteiger charge is 2.71. The fourth-order valence-corrected chi connectivity index (χ4v) is 5.81. The smallest absolute Gasteiger partial charge is 0.166 e. The molecule has 4 aliphatic rings. The minimum atomic E-state index is -0.740. The highest BCUT2D eigenvalue weighted by molar-refractivity contribution is 5.64. The molecular weight excluding hydrogens is 290 g/mol. The molecule has 0 aromatic heterocycles. The summed E-state index contributed by atoms with van der Waals surface area (Å²) in [6, 6.07) is 4.32. The molecule has 0 unspecified atom stereocenters. The molecule has 2 fully saturated rings. The van der Waals surface area contributed by atoms with E-state index >= 15 is 0 Å². The number of likely N-dealkylation sites (tertiary alicyclic amines) is 1. The zero-order chi connectivity index (χ0) is 16.0. The highest BCUT2D eigenvalue weighted by atomic mass is 16.5. The van der Waals surface area contributed by atoms with Crippen molar-refractivity contribution in [1.29, 1.82) is 0 Å². The van der Waals surface area contributed by atoms with Gasteiger partial charge in [0.15, 0.2) is 11.5 Å². The molecule has 1 aromatic carbocycles. The van der Waals surface area contributed by atoms with E-state index in [-0.39, 0.29) is 17.6 Å². The van der Waals surface area contributed by atoms with Crippen molar-refractivity contribution in [2.45, 2.75) is 48.8 Å². The summed E-state index contributed by atoms with van der Waals surface area (Å²) in [4.78, 5) is 2.33. The van der Waals surface area contributed by atoms with Crippen LogP contribution in [0.4, 0.5) is 0 Å². The summed E-state index contributed by atoms with van der Waals surface area (Å²) < 4.78 is 12.0. The van der Waals surface area contributed by atoms with Gasteiger partial charge in [-0.25, -0.2) is 0 Å². The Kier molecular flexibility index (Phi) is 2.48. The molecule has 1 spiro atoms. The molecule has 1 saturated carbocycles. The molecule has 122 valence electrons. The summed E-state index contributed by atoms with van der Waals surface area (Å²) >= 11 is 0. The van der Waals surface area contributed by atoms with Gasteiger partial charge >= 0.3 is 0 Å². The quantitative estimate of drug-likeness (QED) is 0.806. The van der Waals surface area contributed by atoms with E-state index in [0.717, 1.165) is 49.3 Å². The van der Waals surface area contributed by atoms with Crippen LogP contribution < -0.4 is 9.47 Å². The number of methoxy groups -OCH3 is 1. The maximum absolute atomic E-state index is 11.9. The number of likely N-dealkylation sites (N-methyl/N-ethyl adjacent to an activating group) is 1. The van der Waals surface area contributed by atoms with Gasteiger partial charge in [-0.1, -0.05) is 12.6 Å². The van der Waals surface area contributed by atoms with Gasteiger partial charge in [-0.2, -0.15) is 0 Å². The minimum Gasteiger partial charge on any atom is -0.493 e. The Morgan fingerprint density at radius 2 is 2.22 bits per heavy atom. The SMILES string of the molecule is C=C1CC[C@]2(O)[C@@H]3Cc4ccc(OC)c5c4[C@]2(CCN3C)[C@@H]1O5. The Morgan fingerprint density at radius 1 is 1.39 bits per heavy atom. The molecule has 4 nitrogen and oxygen atoms in total. The van der Waals surface area contributed by atoms with Crippen molar-refractivity contribution in [2.75, 3.05) is 20.7 Å². The molecule has 2 bridgehead atoms. The van der Waals surface area contributed by atoms with Gasteiger partial charge in [0.1, 0.15) is 6.10 Å². The molecule has 4 atom stereocenters. The van der Waals surface area contributed by atoms with Crippen molar-refractivity contribution in [3.63, 3.8) is 0 Å². The van der Waals surface area contributed by atoms with Crippen LogP contribution in [0.3, 0.4) is 0 Å². The van der Waals surface area contributed by atoms with Crippen LogP contribution >= 0.6 is 0 Å². The van der Waals surface area contributed by atoms with Crippen molar-refractivity contribution in [3.05, 3.63) is 35.4 Å². The van der Waals surface area contributed by atoms with Crippen molar-refractivity contribution in [1.82, 2.24) is 4.90 Å². The number of hydrogen-bond donors (Lipinski definition) is 1. The normalized spacial score (nSPS) is 40.6. The first-order valence-electron chi connectivity index (χ1n) is 8.50. The van der Waals surface area contributed by atoms with Gasteiger partial charge in [0.25, 0.3) is 0 Å². The Hall–Kier alpha value is -1.52. The van der Waals surface area contributed by atoms with Gasteiger partial charge in [0, 0.05) is 11.6 Å². The topological polar surface area (TPSA) is 41.9 Å². The van der Waals surface area contributed by atoms with Gasteiger partial charge in [0.2, 0.25) is 0 Å². The zero-order valence-corrected chi connectivity index (χ0v) is 13.8. The van der Waals surface area contributed by atoms with Crippen molar-refractivity contribution in [3.8, 4) is 11.5 Å². The van der Waals surface area contributed by atoms with Crippen LogP contribution in [0.1, 0.15) is 30.4 Å². The van der Waals surface area contributed by atoms with Crippen LogP contribution in [0.5, 0.6) is 11.5 Å². The predicted molar refractivity (Wildman–Crippen MR) is 87.2 cm³/mol. The molecule has 1 N–H and O–H groups in total. The summed E-state index contributed by atoms with van der Waals surface area (Å²) in [5.41, 5.74) is 2.53. The molecule has 2 heterocycles. The average Bonchev–Trinajstić information content (AvgIpc) is 2.90. The van der Waals surface area contributed by atoms with E-state index in [1.165, 1.54) is 11.1 Å². The Balaban J connectivity index is 1.86. The second-order valence-corrected chi connectivity index (χ2v) is 7.63. The summed E-state index contributed by atoms with van der Waals surface area (Å²) in [5, 5.41) is 11.9. The molecule has 23 heavy (non-hydrogen) atoms. The standard InChI is InChI=1S/C19H23NO3/c1-11-6-7-19(21)14-10-12-4-5-13(22-3)16-15(12)18(19,17(11)23-16)8-9-20(14)2/h4-5,14,17,21H,1,6-10H2,2-3H3/t14-,17+,18+,19-/m0/s1. The third-order valence-corrected chi connectivity index (χ3v) is 6.88. The number of rotatable bonds is 1. The fraction of sp³-hybridized carbons (Fsp3) is 0.579. The zero-order valence-electron chi connectivity index (χ0n) is 13.8. The van der Waals surface area contributed by atoms with E-state index in [1.807, 2.05) is 6.07 Å². The molecule has 0 radical (unpaired) electrons. The van der Waals surface area contributed by atoms with Crippen molar-refractivity contribution >= 4 is 0 Å². The molecule has 2 aliphatic carbocycles. The second kappa shape index (κ2) is 4.11. The number of hydrogen-bond acceptors (Lipinski definition) is 4. The third-order valence-electron chi connectivity index (χ3n) is 6.88. The Bertz CT molecular complexity index is 730. The first kappa shape index (κ1) is 13.9. The maximum atomic E-state index is 11.9. The lowest BCUT2D eigenvalue weighted by molar-refractivity contribution is -0.168. The summed E-state index contributed by atoms with van der Waals surface area (Å²) in [6.07, 6.45) is 3.27. The largest absolute Gasteiger partial charge is 0.493 e. The monoisotopic (exact) mass is 313 g/mol. The highest BCUT2D eigenvalue weighted by Crippen LogP contribution is 2.65. The lowest BCUT2D eigenvalue weighted by atomic mass is 9.48. The minimum absolute atomic E-state index is 0.122. The lowest BCUT2D eigenvalue weighted by Gasteiger charge is -2.62. The first-order chi connectivity index (χ1) is 11.0. The fourth-order valence-electron chi connectivity index (χ4n) is 5.81. The lowest BCUT2D eigenvalue weighted by Crippen LogP contribution is -2.74. The summed E-state index contributed by atoms with van der Waals surface area (Å²) in [5.74, 6) is 1.62. The maximum Gasteiger partial charge on any atom is 0.166 e.